The Morgan fingerprint density at radius 2 is 2.12 bits per heavy atom. The van der Waals surface area contributed by atoms with Gasteiger partial charge in [-0.25, -0.2) is 9.97 Å². The zero-order chi connectivity index (χ0) is 17.6. The molecular formula is C19H24N4O2. The molecule has 1 aliphatic heterocycles. The molecule has 2 heterocycles. The Balaban J connectivity index is 1.62. The van der Waals surface area contributed by atoms with Crippen LogP contribution in [0.25, 0.3) is 0 Å². The van der Waals surface area contributed by atoms with Crippen molar-refractivity contribution in [1.29, 1.82) is 0 Å². The molecule has 0 radical (unpaired) electrons. The number of rotatable bonds is 6. The van der Waals surface area contributed by atoms with Gasteiger partial charge in [-0.1, -0.05) is 24.3 Å². The minimum atomic E-state index is -0.200. The number of amides is 1. The van der Waals surface area contributed by atoms with Crippen molar-refractivity contribution in [3.63, 3.8) is 0 Å². The SMILES string of the molecule is Cc1nc(NCC2CCCO2)cc(C(=O)NCc2ccccc2C)n1. The normalized spacial score (nSPS) is 16.6. The largest absolute Gasteiger partial charge is 0.376 e. The van der Waals surface area contributed by atoms with Crippen LogP contribution in [-0.4, -0.2) is 35.1 Å². The Morgan fingerprint density at radius 3 is 2.88 bits per heavy atom. The molecule has 2 aromatic rings. The Labute approximate surface area is 148 Å². The Hall–Kier alpha value is -2.47. The number of hydrogen-bond donors (Lipinski definition) is 2. The number of hydrogen-bond acceptors (Lipinski definition) is 5. The molecule has 1 amide bonds. The number of ether oxygens (including phenoxy) is 1. The summed E-state index contributed by atoms with van der Waals surface area (Å²) in [4.78, 5) is 21.0. The van der Waals surface area contributed by atoms with Crippen LogP contribution in [0.5, 0.6) is 0 Å². The van der Waals surface area contributed by atoms with E-state index in [1.165, 1.54) is 0 Å². The summed E-state index contributed by atoms with van der Waals surface area (Å²) in [7, 11) is 0. The first kappa shape index (κ1) is 17.4. The van der Waals surface area contributed by atoms with Crippen LogP contribution in [0, 0.1) is 13.8 Å². The van der Waals surface area contributed by atoms with Crippen LogP contribution in [-0.2, 0) is 11.3 Å². The predicted octanol–water partition coefficient (Wildman–Crippen LogP) is 2.61. The van der Waals surface area contributed by atoms with E-state index < -0.39 is 0 Å². The van der Waals surface area contributed by atoms with Gasteiger partial charge in [-0.3, -0.25) is 4.79 Å². The van der Waals surface area contributed by atoms with Gasteiger partial charge in [0.15, 0.2) is 0 Å². The Morgan fingerprint density at radius 1 is 1.28 bits per heavy atom. The Kier molecular flexibility index (Phi) is 5.60. The number of anilines is 1. The van der Waals surface area contributed by atoms with Gasteiger partial charge in [0.2, 0.25) is 0 Å². The molecule has 2 N–H and O–H groups in total. The second-order valence-corrected chi connectivity index (χ2v) is 6.31. The highest BCUT2D eigenvalue weighted by Gasteiger charge is 2.16. The van der Waals surface area contributed by atoms with Crippen LogP contribution in [0.1, 0.15) is 40.3 Å². The number of nitrogens with one attached hydrogen (secondary N) is 2. The molecule has 1 unspecified atom stereocenters. The fourth-order valence-corrected chi connectivity index (χ4v) is 2.87. The number of carbonyl (C=O) groups is 1. The van der Waals surface area contributed by atoms with Crippen LogP contribution in [0.2, 0.25) is 0 Å². The minimum Gasteiger partial charge on any atom is -0.376 e. The van der Waals surface area contributed by atoms with Crippen molar-refractivity contribution in [2.45, 2.75) is 39.3 Å². The zero-order valence-corrected chi connectivity index (χ0v) is 14.7. The summed E-state index contributed by atoms with van der Waals surface area (Å²) in [5.41, 5.74) is 2.62. The van der Waals surface area contributed by atoms with Crippen molar-refractivity contribution in [3.05, 3.63) is 53.0 Å². The molecule has 1 atom stereocenters. The fourth-order valence-electron chi connectivity index (χ4n) is 2.87. The maximum Gasteiger partial charge on any atom is 0.270 e. The highest BCUT2D eigenvalue weighted by atomic mass is 16.5. The van der Waals surface area contributed by atoms with Crippen LogP contribution in [0.3, 0.4) is 0 Å². The van der Waals surface area contributed by atoms with Crippen molar-refractivity contribution in [2.75, 3.05) is 18.5 Å². The topological polar surface area (TPSA) is 76.1 Å². The highest BCUT2D eigenvalue weighted by Crippen LogP contribution is 2.14. The predicted molar refractivity (Wildman–Crippen MR) is 96.6 cm³/mol. The van der Waals surface area contributed by atoms with Crippen LogP contribution < -0.4 is 10.6 Å². The summed E-state index contributed by atoms with van der Waals surface area (Å²) >= 11 is 0. The first-order chi connectivity index (χ1) is 12.1. The standard InChI is InChI=1S/C19H24N4O2/c1-13-6-3-4-7-15(13)11-21-19(24)17-10-18(23-14(2)22-17)20-12-16-8-5-9-25-16/h3-4,6-7,10,16H,5,8-9,11-12H2,1-2H3,(H,21,24)(H,20,22,23). The van der Waals surface area contributed by atoms with E-state index in [4.69, 9.17) is 4.74 Å². The van der Waals surface area contributed by atoms with Gasteiger partial charge in [-0.2, -0.15) is 0 Å². The quantitative estimate of drug-likeness (QED) is 0.845. The van der Waals surface area contributed by atoms with Gasteiger partial charge < -0.3 is 15.4 Å². The molecule has 1 aromatic carbocycles. The summed E-state index contributed by atoms with van der Waals surface area (Å²) in [6.07, 6.45) is 2.37. The molecule has 1 fully saturated rings. The van der Waals surface area contributed by atoms with Crippen molar-refractivity contribution in [3.8, 4) is 0 Å². The molecular weight excluding hydrogens is 316 g/mol. The van der Waals surface area contributed by atoms with Crippen molar-refractivity contribution in [2.24, 2.45) is 0 Å². The summed E-state index contributed by atoms with van der Waals surface area (Å²) in [5, 5.41) is 6.18. The molecule has 6 nitrogen and oxygen atoms in total. The third-order valence-corrected chi connectivity index (χ3v) is 4.31. The van der Waals surface area contributed by atoms with Crippen LogP contribution in [0.4, 0.5) is 5.82 Å². The number of benzene rings is 1. The highest BCUT2D eigenvalue weighted by molar-refractivity contribution is 5.92. The van der Waals surface area contributed by atoms with E-state index in [0.717, 1.165) is 30.6 Å². The maximum atomic E-state index is 12.4. The van der Waals surface area contributed by atoms with Gasteiger partial charge in [-0.05, 0) is 37.8 Å². The van der Waals surface area contributed by atoms with E-state index in [9.17, 15) is 4.79 Å². The second kappa shape index (κ2) is 8.07. The average molecular weight is 340 g/mol. The number of aromatic nitrogens is 2. The number of nitrogens with zero attached hydrogens (tertiary/aromatic N) is 2. The molecule has 6 heteroatoms. The van der Waals surface area contributed by atoms with Gasteiger partial charge in [0.05, 0.1) is 6.10 Å². The third kappa shape index (κ3) is 4.76. The molecule has 1 saturated heterocycles. The van der Waals surface area contributed by atoms with Crippen LogP contribution >= 0.6 is 0 Å². The molecule has 1 aromatic heterocycles. The monoisotopic (exact) mass is 340 g/mol. The summed E-state index contributed by atoms with van der Waals surface area (Å²) < 4.78 is 5.60. The lowest BCUT2D eigenvalue weighted by atomic mass is 10.1. The van der Waals surface area contributed by atoms with Gasteiger partial charge >= 0.3 is 0 Å². The second-order valence-electron chi connectivity index (χ2n) is 6.31. The maximum absolute atomic E-state index is 12.4. The van der Waals surface area contributed by atoms with E-state index in [1.54, 1.807) is 13.0 Å². The van der Waals surface area contributed by atoms with Gasteiger partial charge in [0.25, 0.3) is 5.91 Å². The molecule has 3 rings (SSSR count). The Bertz CT molecular complexity index is 742. The van der Waals surface area contributed by atoms with E-state index in [1.807, 2.05) is 31.2 Å². The first-order valence-corrected chi connectivity index (χ1v) is 8.65. The molecule has 0 saturated carbocycles. The van der Waals surface area contributed by atoms with Gasteiger partial charge in [0, 0.05) is 25.8 Å². The molecule has 0 aliphatic carbocycles. The van der Waals surface area contributed by atoms with E-state index in [0.29, 0.717) is 30.4 Å². The minimum absolute atomic E-state index is 0.200. The van der Waals surface area contributed by atoms with Gasteiger partial charge in [0.1, 0.15) is 17.3 Å². The molecule has 1 aliphatic rings. The lowest BCUT2D eigenvalue weighted by Gasteiger charge is -2.13. The summed E-state index contributed by atoms with van der Waals surface area (Å²) in [6, 6.07) is 9.69. The third-order valence-electron chi connectivity index (χ3n) is 4.31. The zero-order valence-electron chi connectivity index (χ0n) is 14.7. The van der Waals surface area contributed by atoms with Crippen molar-refractivity contribution in [1.82, 2.24) is 15.3 Å². The van der Waals surface area contributed by atoms with E-state index >= 15 is 0 Å². The lowest BCUT2D eigenvalue weighted by Crippen LogP contribution is -2.25. The lowest BCUT2D eigenvalue weighted by molar-refractivity contribution is 0.0945. The smallest absolute Gasteiger partial charge is 0.270 e. The number of aryl methyl sites for hydroxylation is 2. The molecule has 132 valence electrons. The van der Waals surface area contributed by atoms with Crippen LogP contribution in [0.15, 0.2) is 30.3 Å². The van der Waals surface area contributed by atoms with E-state index in [2.05, 4.69) is 20.6 Å². The number of carbonyl (C=O) groups excluding carboxylic acids is 1. The van der Waals surface area contributed by atoms with Crippen molar-refractivity contribution >= 4 is 11.7 Å². The fraction of sp³-hybridized carbons (Fsp3) is 0.421. The van der Waals surface area contributed by atoms with Crippen molar-refractivity contribution < 1.29 is 9.53 Å². The average Bonchev–Trinajstić information content (AvgIpc) is 3.12. The van der Waals surface area contributed by atoms with E-state index in [-0.39, 0.29) is 12.0 Å². The summed E-state index contributed by atoms with van der Waals surface area (Å²) in [5.74, 6) is 1.02. The first-order valence-electron chi connectivity index (χ1n) is 8.65. The molecule has 25 heavy (non-hydrogen) atoms. The molecule has 0 spiro atoms. The summed E-state index contributed by atoms with van der Waals surface area (Å²) in [6.45, 7) is 5.81. The van der Waals surface area contributed by atoms with Gasteiger partial charge in [-0.15, -0.1) is 0 Å². The molecule has 0 bridgehead atoms.